The molecule has 0 saturated heterocycles. The van der Waals surface area contributed by atoms with Gasteiger partial charge in [0.05, 0.1) is 28.0 Å². The summed E-state index contributed by atoms with van der Waals surface area (Å²) in [5, 5.41) is 9.72. The van der Waals surface area contributed by atoms with Gasteiger partial charge in [0.1, 0.15) is 0 Å². The SMILES string of the molecule is CCc1c(C(=O)CSc2nnc3n(-c4ccc(C)cc4)c(=O)c4ccccc4n23)[nH]c(C)c1C(C)=O. The van der Waals surface area contributed by atoms with Gasteiger partial charge in [0.25, 0.3) is 5.56 Å². The van der Waals surface area contributed by atoms with Crippen LogP contribution in [-0.4, -0.2) is 41.5 Å². The van der Waals surface area contributed by atoms with E-state index in [2.05, 4.69) is 15.2 Å². The van der Waals surface area contributed by atoms with Crippen molar-refractivity contribution in [2.45, 2.75) is 39.3 Å². The third-order valence-electron chi connectivity index (χ3n) is 6.29. The van der Waals surface area contributed by atoms with Gasteiger partial charge in [0, 0.05) is 11.3 Å². The Morgan fingerprint density at radius 1 is 1.03 bits per heavy atom. The van der Waals surface area contributed by atoms with E-state index < -0.39 is 0 Å². The number of aromatic nitrogens is 5. The number of aromatic amines is 1. The molecule has 2 aromatic carbocycles. The van der Waals surface area contributed by atoms with E-state index in [0.29, 0.717) is 50.9 Å². The zero-order chi connectivity index (χ0) is 25.6. The Morgan fingerprint density at radius 3 is 2.44 bits per heavy atom. The molecule has 0 radical (unpaired) electrons. The van der Waals surface area contributed by atoms with Crippen LogP contribution in [0.15, 0.2) is 58.5 Å². The molecule has 0 spiro atoms. The summed E-state index contributed by atoms with van der Waals surface area (Å²) in [7, 11) is 0. The quantitative estimate of drug-likeness (QED) is 0.257. The number of aryl methyl sites for hydroxylation is 2. The second-order valence-corrected chi connectivity index (χ2v) is 9.65. The highest BCUT2D eigenvalue weighted by Crippen LogP contribution is 2.26. The van der Waals surface area contributed by atoms with E-state index in [-0.39, 0.29) is 22.9 Å². The standard InChI is InChI=1S/C27H25N5O3S/c1-5-19-23(17(4)33)16(3)28-24(19)22(34)14-36-27-30-29-26-31(18-12-10-15(2)11-13-18)25(35)20-8-6-7-9-21(20)32(26)27/h6-13,28H,5,14H2,1-4H3. The Labute approximate surface area is 211 Å². The summed E-state index contributed by atoms with van der Waals surface area (Å²) in [4.78, 5) is 41.9. The summed E-state index contributed by atoms with van der Waals surface area (Å²) in [5.74, 6) is 0.293. The molecule has 36 heavy (non-hydrogen) atoms. The second kappa shape index (κ2) is 9.23. The number of thioether (sulfide) groups is 1. The largest absolute Gasteiger partial charge is 0.355 e. The van der Waals surface area contributed by atoms with Crippen LogP contribution in [0.3, 0.4) is 0 Å². The fourth-order valence-electron chi connectivity index (χ4n) is 4.65. The number of carbonyl (C=O) groups is 2. The summed E-state index contributed by atoms with van der Waals surface area (Å²) < 4.78 is 3.36. The molecular formula is C27H25N5O3S. The van der Waals surface area contributed by atoms with Crippen LogP contribution in [0.25, 0.3) is 22.4 Å². The Hall–Kier alpha value is -3.98. The molecule has 0 aliphatic rings. The number of nitrogens with zero attached hydrogens (tertiary/aromatic N) is 4. The number of para-hydroxylation sites is 1. The van der Waals surface area contributed by atoms with Crippen molar-refractivity contribution in [3.05, 3.63) is 87.0 Å². The maximum Gasteiger partial charge on any atom is 0.267 e. The van der Waals surface area contributed by atoms with Crippen molar-refractivity contribution < 1.29 is 9.59 Å². The zero-order valence-corrected chi connectivity index (χ0v) is 21.3. The summed E-state index contributed by atoms with van der Waals surface area (Å²) in [6, 6.07) is 14.9. The molecule has 0 aliphatic heterocycles. The Balaban J connectivity index is 1.59. The van der Waals surface area contributed by atoms with Crippen LogP contribution < -0.4 is 5.56 Å². The number of hydrogen-bond donors (Lipinski definition) is 1. The highest BCUT2D eigenvalue weighted by molar-refractivity contribution is 7.99. The number of ketones is 2. The molecule has 5 aromatic rings. The molecule has 0 bridgehead atoms. The molecule has 8 nitrogen and oxygen atoms in total. The van der Waals surface area contributed by atoms with Gasteiger partial charge in [-0.3, -0.25) is 18.8 Å². The highest BCUT2D eigenvalue weighted by Gasteiger charge is 2.23. The van der Waals surface area contributed by atoms with Crippen LogP contribution in [0.4, 0.5) is 0 Å². The van der Waals surface area contributed by atoms with Crippen LogP contribution in [-0.2, 0) is 6.42 Å². The van der Waals surface area contributed by atoms with Crippen molar-refractivity contribution in [2.75, 3.05) is 5.75 Å². The lowest BCUT2D eigenvalue weighted by Gasteiger charge is -2.11. The number of benzene rings is 2. The van der Waals surface area contributed by atoms with Gasteiger partial charge in [-0.05, 0) is 57.0 Å². The summed E-state index contributed by atoms with van der Waals surface area (Å²) in [6.07, 6.45) is 0.576. The molecule has 3 heterocycles. The third kappa shape index (κ3) is 3.85. The van der Waals surface area contributed by atoms with Crippen molar-refractivity contribution in [1.82, 2.24) is 24.1 Å². The molecule has 0 aliphatic carbocycles. The molecule has 0 saturated carbocycles. The second-order valence-electron chi connectivity index (χ2n) is 8.71. The number of nitrogens with one attached hydrogen (secondary N) is 1. The summed E-state index contributed by atoms with van der Waals surface area (Å²) in [5.41, 5.74) is 4.75. The maximum absolute atomic E-state index is 13.4. The monoisotopic (exact) mass is 499 g/mol. The topological polar surface area (TPSA) is 102 Å². The zero-order valence-electron chi connectivity index (χ0n) is 20.5. The van der Waals surface area contributed by atoms with Crippen molar-refractivity contribution in [2.24, 2.45) is 0 Å². The Morgan fingerprint density at radius 2 is 1.75 bits per heavy atom. The van der Waals surface area contributed by atoms with Crippen LogP contribution in [0, 0.1) is 13.8 Å². The fourth-order valence-corrected chi connectivity index (χ4v) is 5.46. The van der Waals surface area contributed by atoms with Gasteiger partial charge < -0.3 is 4.98 Å². The number of hydrogen-bond acceptors (Lipinski definition) is 6. The minimum atomic E-state index is -0.187. The van der Waals surface area contributed by atoms with Crippen molar-refractivity contribution in [3.63, 3.8) is 0 Å². The lowest BCUT2D eigenvalue weighted by molar-refractivity contribution is 0.101. The minimum absolute atomic E-state index is 0.0590. The number of carbonyl (C=O) groups excluding carboxylic acids is 2. The Kier molecular flexibility index (Phi) is 6.09. The van der Waals surface area contributed by atoms with Crippen molar-refractivity contribution in [3.8, 4) is 5.69 Å². The molecule has 3 aromatic heterocycles. The molecule has 0 amide bonds. The summed E-state index contributed by atoms with van der Waals surface area (Å²) >= 11 is 1.25. The molecule has 0 atom stereocenters. The maximum atomic E-state index is 13.4. The first-order chi connectivity index (χ1) is 17.3. The predicted octanol–water partition coefficient (Wildman–Crippen LogP) is 4.72. The van der Waals surface area contributed by atoms with Gasteiger partial charge in [0.15, 0.2) is 16.7 Å². The van der Waals surface area contributed by atoms with E-state index >= 15 is 0 Å². The van der Waals surface area contributed by atoms with E-state index in [0.717, 1.165) is 11.1 Å². The van der Waals surface area contributed by atoms with Crippen LogP contribution in [0.2, 0.25) is 0 Å². The molecule has 1 N–H and O–H groups in total. The molecule has 0 unspecified atom stereocenters. The molecule has 182 valence electrons. The first kappa shape index (κ1) is 23.7. The van der Waals surface area contributed by atoms with Gasteiger partial charge in [0.2, 0.25) is 5.78 Å². The van der Waals surface area contributed by atoms with Crippen LogP contribution in [0.5, 0.6) is 0 Å². The number of rotatable bonds is 7. The molecule has 9 heteroatoms. The van der Waals surface area contributed by atoms with Crippen LogP contribution >= 0.6 is 11.8 Å². The number of Topliss-reactive ketones (excluding diaryl/α,β-unsaturated/α-hetero) is 2. The highest BCUT2D eigenvalue weighted by atomic mass is 32.2. The fraction of sp³-hybridized carbons (Fsp3) is 0.222. The average Bonchev–Trinajstić information content (AvgIpc) is 3.44. The van der Waals surface area contributed by atoms with Crippen LogP contribution in [0.1, 0.15) is 51.5 Å². The van der Waals surface area contributed by atoms with Crippen molar-refractivity contribution >= 4 is 40.0 Å². The van der Waals surface area contributed by atoms with Gasteiger partial charge in [-0.2, -0.15) is 0 Å². The lowest BCUT2D eigenvalue weighted by Crippen LogP contribution is -2.21. The number of fused-ring (bicyclic) bond motifs is 3. The van der Waals surface area contributed by atoms with Gasteiger partial charge in [-0.15, -0.1) is 10.2 Å². The third-order valence-corrected chi connectivity index (χ3v) is 7.22. The predicted molar refractivity (Wildman–Crippen MR) is 141 cm³/mol. The van der Waals surface area contributed by atoms with Gasteiger partial charge >= 0.3 is 0 Å². The molecular weight excluding hydrogens is 474 g/mol. The molecule has 0 fully saturated rings. The first-order valence-corrected chi connectivity index (χ1v) is 12.6. The summed E-state index contributed by atoms with van der Waals surface area (Å²) in [6.45, 7) is 7.24. The van der Waals surface area contributed by atoms with E-state index in [1.54, 1.807) is 10.6 Å². The normalized spacial score (nSPS) is 11.4. The smallest absolute Gasteiger partial charge is 0.267 e. The average molecular weight is 500 g/mol. The number of H-pyrrole nitrogens is 1. The van der Waals surface area contributed by atoms with E-state index in [9.17, 15) is 14.4 Å². The van der Waals surface area contributed by atoms with Gasteiger partial charge in [-0.1, -0.05) is 48.5 Å². The Bertz CT molecular complexity index is 1710. The van der Waals surface area contributed by atoms with Gasteiger partial charge in [-0.25, -0.2) is 4.57 Å². The first-order valence-electron chi connectivity index (χ1n) is 11.7. The minimum Gasteiger partial charge on any atom is -0.355 e. The van der Waals surface area contributed by atoms with E-state index in [1.165, 1.54) is 18.7 Å². The van der Waals surface area contributed by atoms with E-state index in [4.69, 9.17) is 0 Å². The van der Waals surface area contributed by atoms with E-state index in [1.807, 2.05) is 67.6 Å². The molecule has 5 rings (SSSR count). The van der Waals surface area contributed by atoms with Crippen molar-refractivity contribution in [1.29, 1.82) is 0 Å². The lowest BCUT2D eigenvalue weighted by atomic mass is 10.0.